The maximum absolute atomic E-state index is 11.7. The number of benzene rings is 1. The lowest BCUT2D eigenvalue weighted by Crippen LogP contribution is -2.22. The molecule has 0 unspecified atom stereocenters. The average Bonchev–Trinajstić information content (AvgIpc) is 3.05. The van der Waals surface area contributed by atoms with Crippen molar-refractivity contribution in [2.45, 2.75) is 0 Å². The third-order valence-corrected chi connectivity index (χ3v) is 3.86. The number of carbonyl (C=O) groups is 1. The number of rotatable bonds is 2. The van der Waals surface area contributed by atoms with Crippen molar-refractivity contribution in [2.75, 3.05) is 0 Å². The third kappa shape index (κ3) is 2.17. The Morgan fingerprint density at radius 3 is 2.95 bits per heavy atom. The second-order valence-electron chi connectivity index (χ2n) is 3.98. The van der Waals surface area contributed by atoms with E-state index in [-0.39, 0.29) is 5.91 Å². The molecule has 0 saturated heterocycles. The van der Waals surface area contributed by atoms with Gasteiger partial charge in [0.25, 0.3) is 5.91 Å². The highest BCUT2D eigenvalue weighted by Crippen LogP contribution is 2.14. The van der Waals surface area contributed by atoms with Gasteiger partial charge in [-0.15, -0.1) is 5.10 Å². The number of furan rings is 1. The number of nitrogens with one attached hydrogen (secondary N) is 1. The van der Waals surface area contributed by atoms with Gasteiger partial charge < -0.3 is 8.98 Å². The third-order valence-electron chi connectivity index (χ3n) is 2.75. The van der Waals surface area contributed by atoms with E-state index in [4.69, 9.17) is 4.42 Å². The number of nitrogens with zero attached hydrogens (tertiary/aromatic N) is 2. The number of fused-ring (bicyclic) bond motifs is 1. The molecule has 2 heterocycles. The Morgan fingerprint density at radius 2 is 2.21 bits per heavy atom. The topological polar surface area (TPSA) is 59.5 Å². The molecule has 3 rings (SSSR count). The monoisotopic (exact) mass is 273 g/mol. The molecule has 0 radical (unpaired) electrons. The molecule has 0 aliphatic carbocycles. The van der Waals surface area contributed by atoms with Crippen LogP contribution in [0.2, 0.25) is 0 Å². The Labute approximate surface area is 112 Å². The van der Waals surface area contributed by atoms with Gasteiger partial charge in [0.1, 0.15) is 6.26 Å². The number of amides is 1. The van der Waals surface area contributed by atoms with Gasteiger partial charge in [-0.1, -0.05) is 23.5 Å². The van der Waals surface area contributed by atoms with Crippen molar-refractivity contribution in [2.24, 2.45) is 12.1 Å². The second kappa shape index (κ2) is 4.74. The molecule has 1 amide bonds. The van der Waals surface area contributed by atoms with Crippen LogP contribution in [0.1, 0.15) is 10.4 Å². The predicted molar refractivity (Wildman–Crippen MR) is 72.5 cm³/mol. The fourth-order valence-corrected chi connectivity index (χ4v) is 2.72. The summed E-state index contributed by atoms with van der Waals surface area (Å²) in [6, 6.07) is 9.59. The van der Waals surface area contributed by atoms with E-state index in [0.29, 0.717) is 5.56 Å². The SMILES string of the molecule is Cn1/c(=N/NC(=O)c2ccoc2)sc2ccccc21. The largest absolute Gasteiger partial charge is 0.472 e. The van der Waals surface area contributed by atoms with Crippen LogP contribution < -0.4 is 10.2 Å². The second-order valence-corrected chi connectivity index (χ2v) is 4.99. The summed E-state index contributed by atoms with van der Waals surface area (Å²) in [6.07, 6.45) is 2.84. The Hall–Kier alpha value is -2.34. The van der Waals surface area contributed by atoms with Gasteiger partial charge in [0, 0.05) is 7.05 Å². The van der Waals surface area contributed by atoms with Gasteiger partial charge in [-0.3, -0.25) is 4.79 Å². The van der Waals surface area contributed by atoms with E-state index < -0.39 is 0 Å². The molecule has 0 fully saturated rings. The van der Waals surface area contributed by atoms with Crippen LogP contribution in [-0.4, -0.2) is 10.5 Å². The molecule has 3 aromatic rings. The molecule has 0 spiro atoms. The van der Waals surface area contributed by atoms with E-state index in [1.54, 1.807) is 6.07 Å². The van der Waals surface area contributed by atoms with Crippen LogP contribution in [0.4, 0.5) is 0 Å². The summed E-state index contributed by atoms with van der Waals surface area (Å²) in [5.74, 6) is -0.286. The highest BCUT2D eigenvalue weighted by Gasteiger charge is 2.06. The van der Waals surface area contributed by atoms with Gasteiger partial charge in [0.2, 0.25) is 4.80 Å². The summed E-state index contributed by atoms with van der Waals surface area (Å²) in [4.78, 5) is 12.5. The van der Waals surface area contributed by atoms with Crippen molar-refractivity contribution in [3.8, 4) is 0 Å². The van der Waals surface area contributed by atoms with Gasteiger partial charge >= 0.3 is 0 Å². The summed E-state index contributed by atoms with van der Waals surface area (Å²) in [7, 11) is 1.92. The summed E-state index contributed by atoms with van der Waals surface area (Å²) in [6.45, 7) is 0. The normalized spacial score (nSPS) is 11.9. The fourth-order valence-electron chi connectivity index (χ4n) is 1.75. The molecular formula is C13H11N3O2S. The maximum atomic E-state index is 11.7. The van der Waals surface area contributed by atoms with E-state index in [2.05, 4.69) is 10.5 Å². The van der Waals surface area contributed by atoms with Gasteiger partial charge in [-0.25, -0.2) is 5.43 Å². The standard InChI is InChI=1S/C13H11N3O2S/c1-16-10-4-2-3-5-11(10)19-13(16)15-14-12(17)9-6-7-18-8-9/h2-8H,1H3,(H,14,17)/b15-13-. The Balaban J connectivity index is 1.94. The van der Waals surface area contributed by atoms with Crippen LogP contribution in [0.15, 0.2) is 52.4 Å². The molecule has 0 aliphatic rings. The summed E-state index contributed by atoms with van der Waals surface area (Å²) in [5, 5.41) is 4.14. The molecule has 1 N–H and O–H groups in total. The first-order valence-corrected chi connectivity index (χ1v) is 6.48. The van der Waals surface area contributed by atoms with Crippen molar-refractivity contribution >= 4 is 27.5 Å². The number of hydrogen-bond donors (Lipinski definition) is 1. The molecular weight excluding hydrogens is 262 g/mol. The number of para-hydroxylation sites is 1. The predicted octanol–water partition coefficient (Wildman–Crippen LogP) is 2.08. The molecule has 2 aromatic heterocycles. The smallest absolute Gasteiger partial charge is 0.274 e. The van der Waals surface area contributed by atoms with Crippen LogP contribution in [0.5, 0.6) is 0 Å². The van der Waals surface area contributed by atoms with Crippen LogP contribution >= 0.6 is 11.3 Å². The number of aromatic nitrogens is 1. The van der Waals surface area contributed by atoms with Crippen molar-refractivity contribution in [1.82, 2.24) is 9.99 Å². The quantitative estimate of drug-likeness (QED) is 0.727. The number of carbonyl (C=O) groups excluding carboxylic acids is 1. The minimum atomic E-state index is -0.286. The van der Waals surface area contributed by atoms with Gasteiger partial charge in [-0.05, 0) is 18.2 Å². The van der Waals surface area contributed by atoms with Crippen LogP contribution in [0.3, 0.4) is 0 Å². The maximum Gasteiger partial charge on any atom is 0.274 e. The first kappa shape index (κ1) is 11.7. The van der Waals surface area contributed by atoms with Crippen LogP contribution in [-0.2, 0) is 7.05 Å². The van der Waals surface area contributed by atoms with Crippen LogP contribution in [0.25, 0.3) is 10.2 Å². The zero-order valence-corrected chi connectivity index (χ0v) is 11.0. The Bertz CT molecular complexity index is 784. The van der Waals surface area contributed by atoms with Crippen molar-refractivity contribution < 1.29 is 9.21 Å². The highest BCUT2D eigenvalue weighted by molar-refractivity contribution is 7.16. The fraction of sp³-hybridized carbons (Fsp3) is 0.0769. The van der Waals surface area contributed by atoms with E-state index in [0.717, 1.165) is 15.0 Å². The minimum Gasteiger partial charge on any atom is -0.472 e. The van der Waals surface area contributed by atoms with E-state index in [1.807, 2.05) is 35.9 Å². The Kier molecular flexibility index (Phi) is 2.92. The van der Waals surface area contributed by atoms with E-state index in [1.165, 1.54) is 23.9 Å². The molecule has 96 valence electrons. The van der Waals surface area contributed by atoms with Crippen molar-refractivity contribution in [3.05, 3.63) is 53.2 Å². The van der Waals surface area contributed by atoms with E-state index >= 15 is 0 Å². The summed E-state index contributed by atoms with van der Waals surface area (Å²) >= 11 is 1.52. The number of thiazole rings is 1. The molecule has 0 bridgehead atoms. The summed E-state index contributed by atoms with van der Waals surface area (Å²) in [5.41, 5.74) is 4.06. The lowest BCUT2D eigenvalue weighted by Gasteiger charge is -1.96. The molecule has 0 atom stereocenters. The molecule has 19 heavy (non-hydrogen) atoms. The van der Waals surface area contributed by atoms with Crippen molar-refractivity contribution in [1.29, 1.82) is 0 Å². The lowest BCUT2D eigenvalue weighted by molar-refractivity contribution is 0.0952. The lowest BCUT2D eigenvalue weighted by atomic mass is 10.3. The molecule has 0 saturated carbocycles. The molecule has 1 aromatic carbocycles. The van der Waals surface area contributed by atoms with Gasteiger partial charge in [-0.2, -0.15) is 0 Å². The molecule has 5 nitrogen and oxygen atoms in total. The molecule has 6 heteroatoms. The van der Waals surface area contributed by atoms with Gasteiger partial charge in [0.15, 0.2) is 0 Å². The highest BCUT2D eigenvalue weighted by atomic mass is 32.1. The summed E-state index contributed by atoms with van der Waals surface area (Å²) < 4.78 is 7.92. The first-order valence-electron chi connectivity index (χ1n) is 5.66. The van der Waals surface area contributed by atoms with Gasteiger partial charge in [0.05, 0.1) is 22.0 Å². The number of aryl methyl sites for hydroxylation is 1. The van der Waals surface area contributed by atoms with Crippen molar-refractivity contribution in [3.63, 3.8) is 0 Å². The minimum absolute atomic E-state index is 0.286. The zero-order chi connectivity index (χ0) is 13.2. The van der Waals surface area contributed by atoms with E-state index in [9.17, 15) is 4.79 Å². The zero-order valence-electron chi connectivity index (χ0n) is 10.2. The molecule has 0 aliphatic heterocycles. The average molecular weight is 273 g/mol. The number of hydrogen-bond acceptors (Lipinski definition) is 4. The first-order chi connectivity index (χ1) is 9.25. The van der Waals surface area contributed by atoms with Crippen LogP contribution in [0, 0.1) is 0 Å². The Morgan fingerprint density at radius 1 is 1.37 bits per heavy atom.